The van der Waals surface area contributed by atoms with Gasteiger partial charge in [-0.15, -0.1) is 0 Å². The van der Waals surface area contributed by atoms with Gasteiger partial charge in [0.25, 0.3) is 0 Å². The number of nitrogen functional groups attached to an aromatic ring is 1. The summed E-state index contributed by atoms with van der Waals surface area (Å²) in [7, 11) is 0. The maximum absolute atomic E-state index is 6.14. The van der Waals surface area contributed by atoms with E-state index in [4.69, 9.17) is 17.3 Å². The fourth-order valence-corrected chi connectivity index (χ4v) is 2.25. The van der Waals surface area contributed by atoms with Crippen LogP contribution in [0.1, 0.15) is 23.9 Å². The Balaban J connectivity index is 2.61. The van der Waals surface area contributed by atoms with Crippen LogP contribution in [0, 0.1) is 13.8 Å². The molecular formula is C12H15ClN4. The van der Waals surface area contributed by atoms with Crippen LogP contribution in [0.3, 0.4) is 0 Å². The van der Waals surface area contributed by atoms with Crippen LogP contribution >= 0.6 is 11.6 Å². The van der Waals surface area contributed by atoms with Crippen LogP contribution in [0.15, 0.2) is 12.3 Å². The third-order valence-corrected chi connectivity index (χ3v) is 3.12. The van der Waals surface area contributed by atoms with E-state index in [9.17, 15) is 0 Å². The molecule has 0 aliphatic carbocycles. The minimum atomic E-state index is 0.512. The van der Waals surface area contributed by atoms with E-state index in [1.54, 1.807) is 16.9 Å². The standard InChI is InChI=1S/C12H15ClN4/c1-4-10-7(2)16-17(8(10)3)12-11(13)5-9(14)6-15-12/h5-6H,4,14H2,1-3H3. The Morgan fingerprint density at radius 1 is 1.41 bits per heavy atom. The molecule has 90 valence electrons. The molecule has 2 aromatic rings. The van der Waals surface area contributed by atoms with Crippen molar-refractivity contribution in [1.29, 1.82) is 0 Å². The third kappa shape index (κ3) is 2.00. The van der Waals surface area contributed by atoms with Crippen molar-refractivity contribution in [2.75, 3.05) is 5.73 Å². The Bertz CT molecular complexity index is 560. The topological polar surface area (TPSA) is 56.7 Å². The average Bonchev–Trinajstić information content (AvgIpc) is 2.54. The predicted octanol–water partition coefficient (Wildman–Crippen LogP) is 2.68. The molecule has 0 bridgehead atoms. The van der Waals surface area contributed by atoms with Gasteiger partial charge in [-0.25, -0.2) is 9.67 Å². The Morgan fingerprint density at radius 3 is 2.65 bits per heavy atom. The minimum absolute atomic E-state index is 0.512. The summed E-state index contributed by atoms with van der Waals surface area (Å²) in [5, 5.41) is 4.98. The molecule has 2 rings (SSSR count). The van der Waals surface area contributed by atoms with Crippen molar-refractivity contribution < 1.29 is 0 Å². The highest BCUT2D eigenvalue weighted by molar-refractivity contribution is 6.32. The van der Waals surface area contributed by atoms with Crippen LogP contribution in [0.4, 0.5) is 5.69 Å². The number of hydrogen-bond donors (Lipinski definition) is 1. The molecule has 0 fully saturated rings. The maximum Gasteiger partial charge on any atom is 0.172 e. The normalized spacial score (nSPS) is 10.8. The Morgan fingerprint density at radius 2 is 2.12 bits per heavy atom. The average molecular weight is 251 g/mol. The highest BCUT2D eigenvalue weighted by Crippen LogP contribution is 2.23. The molecular weight excluding hydrogens is 236 g/mol. The number of hydrogen-bond acceptors (Lipinski definition) is 3. The Labute approximate surface area is 105 Å². The van der Waals surface area contributed by atoms with Gasteiger partial charge in [-0.05, 0) is 31.9 Å². The SMILES string of the molecule is CCc1c(C)nn(-c2ncc(N)cc2Cl)c1C. The Hall–Kier alpha value is -1.55. The number of anilines is 1. The second kappa shape index (κ2) is 4.37. The first-order chi connectivity index (χ1) is 8.04. The van der Waals surface area contributed by atoms with Crippen LogP contribution in [0.2, 0.25) is 5.02 Å². The lowest BCUT2D eigenvalue weighted by Crippen LogP contribution is -2.04. The molecule has 0 spiro atoms. The summed E-state index contributed by atoms with van der Waals surface area (Å²) >= 11 is 6.14. The first kappa shape index (κ1) is 11.9. The third-order valence-electron chi connectivity index (χ3n) is 2.84. The first-order valence-corrected chi connectivity index (χ1v) is 5.88. The molecule has 5 heteroatoms. The molecule has 4 nitrogen and oxygen atoms in total. The maximum atomic E-state index is 6.14. The van der Waals surface area contributed by atoms with Crippen molar-refractivity contribution in [3.8, 4) is 5.82 Å². The largest absolute Gasteiger partial charge is 0.397 e. The summed E-state index contributed by atoms with van der Waals surface area (Å²) in [4.78, 5) is 4.24. The van der Waals surface area contributed by atoms with Crippen LogP contribution in [0.25, 0.3) is 5.82 Å². The zero-order chi connectivity index (χ0) is 12.6. The lowest BCUT2D eigenvalue weighted by atomic mass is 10.1. The van der Waals surface area contributed by atoms with E-state index in [0.29, 0.717) is 16.5 Å². The molecule has 0 radical (unpaired) electrons. The number of nitrogens with two attached hydrogens (primary N) is 1. The van der Waals surface area contributed by atoms with Crippen LogP contribution in [0.5, 0.6) is 0 Å². The molecule has 0 amide bonds. The fraction of sp³-hybridized carbons (Fsp3) is 0.333. The van der Waals surface area contributed by atoms with Crippen LogP contribution in [-0.2, 0) is 6.42 Å². The van der Waals surface area contributed by atoms with E-state index in [1.165, 1.54) is 5.56 Å². The van der Waals surface area contributed by atoms with Gasteiger partial charge in [0.05, 0.1) is 22.6 Å². The van der Waals surface area contributed by atoms with E-state index in [0.717, 1.165) is 17.8 Å². The quantitative estimate of drug-likeness (QED) is 0.892. The molecule has 0 unspecified atom stereocenters. The molecule has 0 saturated heterocycles. The fourth-order valence-electron chi connectivity index (χ4n) is 1.99. The summed E-state index contributed by atoms with van der Waals surface area (Å²) in [6, 6.07) is 1.69. The van der Waals surface area contributed by atoms with E-state index in [1.807, 2.05) is 13.8 Å². The molecule has 0 atom stereocenters. The zero-order valence-electron chi connectivity index (χ0n) is 10.2. The van der Waals surface area contributed by atoms with Crippen LogP contribution in [-0.4, -0.2) is 14.8 Å². The second-order valence-electron chi connectivity index (χ2n) is 3.99. The van der Waals surface area contributed by atoms with E-state index < -0.39 is 0 Å². The number of aromatic nitrogens is 3. The van der Waals surface area contributed by atoms with Crippen molar-refractivity contribution in [3.63, 3.8) is 0 Å². The van der Waals surface area contributed by atoms with E-state index >= 15 is 0 Å². The van der Waals surface area contributed by atoms with Gasteiger partial charge in [0, 0.05) is 5.69 Å². The van der Waals surface area contributed by atoms with Crippen molar-refractivity contribution >= 4 is 17.3 Å². The number of rotatable bonds is 2. The van der Waals surface area contributed by atoms with Gasteiger partial charge in [-0.2, -0.15) is 5.10 Å². The highest BCUT2D eigenvalue weighted by atomic mass is 35.5. The van der Waals surface area contributed by atoms with Crippen molar-refractivity contribution in [3.05, 3.63) is 34.2 Å². The van der Waals surface area contributed by atoms with Crippen molar-refractivity contribution in [2.24, 2.45) is 0 Å². The van der Waals surface area contributed by atoms with Gasteiger partial charge in [0.15, 0.2) is 5.82 Å². The smallest absolute Gasteiger partial charge is 0.172 e. The second-order valence-corrected chi connectivity index (χ2v) is 4.40. The lowest BCUT2D eigenvalue weighted by molar-refractivity contribution is 0.806. The summed E-state index contributed by atoms with van der Waals surface area (Å²) in [5.41, 5.74) is 9.50. The van der Waals surface area contributed by atoms with Crippen molar-refractivity contribution in [2.45, 2.75) is 27.2 Å². The molecule has 2 aromatic heterocycles. The number of pyridine rings is 1. The summed E-state index contributed by atoms with van der Waals surface area (Å²) in [6.45, 7) is 6.13. The highest BCUT2D eigenvalue weighted by Gasteiger charge is 2.14. The molecule has 0 aliphatic rings. The molecule has 0 aromatic carbocycles. The molecule has 2 heterocycles. The lowest BCUT2D eigenvalue weighted by Gasteiger charge is -2.06. The minimum Gasteiger partial charge on any atom is -0.397 e. The monoisotopic (exact) mass is 250 g/mol. The van der Waals surface area contributed by atoms with Gasteiger partial charge in [-0.1, -0.05) is 18.5 Å². The molecule has 17 heavy (non-hydrogen) atoms. The first-order valence-electron chi connectivity index (χ1n) is 5.51. The predicted molar refractivity (Wildman–Crippen MR) is 69.6 cm³/mol. The Kier molecular flexibility index (Phi) is 3.07. The zero-order valence-corrected chi connectivity index (χ0v) is 10.9. The molecule has 2 N–H and O–H groups in total. The van der Waals surface area contributed by atoms with Crippen LogP contribution < -0.4 is 5.73 Å². The summed E-state index contributed by atoms with van der Waals surface area (Å²) < 4.78 is 1.77. The number of aryl methyl sites for hydroxylation is 1. The molecule has 0 aliphatic heterocycles. The van der Waals surface area contributed by atoms with Gasteiger partial charge in [0.1, 0.15) is 0 Å². The summed E-state index contributed by atoms with van der Waals surface area (Å²) in [5.74, 6) is 0.626. The van der Waals surface area contributed by atoms with Gasteiger partial charge in [0.2, 0.25) is 0 Å². The van der Waals surface area contributed by atoms with E-state index in [-0.39, 0.29) is 0 Å². The summed E-state index contributed by atoms with van der Waals surface area (Å²) in [6.07, 6.45) is 2.54. The number of halogens is 1. The van der Waals surface area contributed by atoms with E-state index in [2.05, 4.69) is 17.0 Å². The number of nitrogens with zero attached hydrogens (tertiary/aromatic N) is 3. The van der Waals surface area contributed by atoms with Gasteiger partial charge >= 0.3 is 0 Å². The van der Waals surface area contributed by atoms with Gasteiger partial charge < -0.3 is 5.73 Å². The van der Waals surface area contributed by atoms with Gasteiger partial charge in [-0.3, -0.25) is 0 Å². The van der Waals surface area contributed by atoms with Crippen molar-refractivity contribution in [1.82, 2.24) is 14.8 Å². The molecule has 0 saturated carbocycles.